The predicted molar refractivity (Wildman–Crippen MR) is 29.8 cm³/mol. The molecule has 0 aromatic carbocycles. The minimum atomic E-state index is 0.475. The van der Waals surface area contributed by atoms with Crippen molar-refractivity contribution >= 4 is 0 Å². The first-order chi connectivity index (χ1) is 3.31. The smallest absolute Gasteiger partial charge is 0.0485 e. The molecule has 3 heteroatoms. The summed E-state index contributed by atoms with van der Waals surface area (Å²) in [5.74, 6) is 0. The highest BCUT2D eigenvalue weighted by atomic mass is 14.6. The van der Waals surface area contributed by atoms with Crippen molar-refractivity contribution in [1.82, 2.24) is 0 Å². The monoisotopic (exact) mass is 99.1 g/mol. The van der Waals surface area contributed by atoms with Gasteiger partial charge in [-0.05, 0) is 12.3 Å². The van der Waals surface area contributed by atoms with Gasteiger partial charge in [-0.15, -0.1) is 0 Å². The van der Waals surface area contributed by atoms with Gasteiger partial charge in [-0.2, -0.15) is 0 Å². The second-order valence-corrected chi connectivity index (χ2v) is 1.03. The van der Waals surface area contributed by atoms with Gasteiger partial charge in [0.25, 0.3) is 0 Å². The topological polar surface area (TPSA) is 78.1 Å². The van der Waals surface area contributed by atoms with Crippen LogP contribution in [0.3, 0.4) is 0 Å². The first-order valence-corrected chi connectivity index (χ1v) is 1.87. The summed E-state index contributed by atoms with van der Waals surface area (Å²) in [5.41, 5.74) is 15.5. The zero-order valence-electron chi connectivity index (χ0n) is 3.96. The number of rotatable bonds is 1. The van der Waals surface area contributed by atoms with Gasteiger partial charge < -0.3 is 17.2 Å². The summed E-state index contributed by atoms with van der Waals surface area (Å²) in [6.45, 7) is 0. The average Bonchev–Trinajstić information content (AvgIpc) is 1.68. The third kappa shape index (κ3) is 2.69. The van der Waals surface area contributed by atoms with Gasteiger partial charge in [-0.1, -0.05) is 0 Å². The lowest BCUT2D eigenvalue weighted by atomic mass is 10.5. The van der Waals surface area contributed by atoms with Crippen molar-refractivity contribution in [2.45, 2.75) is 0 Å². The number of allylic oxidation sites excluding steroid dienone is 1. The van der Waals surface area contributed by atoms with E-state index in [-0.39, 0.29) is 0 Å². The van der Waals surface area contributed by atoms with Crippen LogP contribution in [0.2, 0.25) is 0 Å². The molecule has 0 spiro atoms. The van der Waals surface area contributed by atoms with E-state index < -0.39 is 0 Å². The Kier molecular flexibility index (Phi) is 2.59. The Labute approximate surface area is 42.5 Å². The lowest BCUT2D eigenvalue weighted by Crippen LogP contribution is -1.97. The second kappa shape index (κ2) is 3.08. The van der Waals surface area contributed by atoms with E-state index in [1.165, 1.54) is 18.5 Å². The predicted octanol–water partition coefficient (Wildman–Crippen LogP) is -0.782. The van der Waals surface area contributed by atoms with Crippen LogP contribution in [0.1, 0.15) is 0 Å². The maximum atomic E-state index is 5.15. The summed E-state index contributed by atoms with van der Waals surface area (Å²) in [6.07, 6.45) is 4.13. The number of hydrogen-bond donors (Lipinski definition) is 3. The van der Waals surface area contributed by atoms with E-state index in [2.05, 4.69) is 0 Å². The van der Waals surface area contributed by atoms with Crippen molar-refractivity contribution in [3.8, 4) is 0 Å². The third-order valence-electron chi connectivity index (χ3n) is 0.481. The van der Waals surface area contributed by atoms with Crippen molar-refractivity contribution in [1.29, 1.82) is 0 Å². The van der Waals surface area contributed by atoms with Crippen LogP contribution in [0.25, 0.3) is 0 Å². The molecule has 0 aliphatic heterocycles. The summed E-state index contributed by atoms with van der Waals surface area (Å²) < 4.78 is 0. The molecule has 6 N–H and O–H groups in total. The molecule has 0 radical (unpaired) electrons. The van der Waals surface area contributed by atoms with Gasteiger partial charge in [0.2, 0.25) is 0 Å². The fraction of sp³-hybridized carbons (Fsp3) is 0. The van der Waals surface area contributed by atoms with E-state index in [1.54, 1.807) is 0 Å². The molecule has 0 rings (SSSR count). The Bertz CT molecular complexity index is 93.1. The van der Waals surface area contributed by atoms with Gasteiger partial charge in [0.05, 0.1) is 0 Å². The molecule has 0 heterocycles. The van der Waals surface area contributed by atoms with E-state index in [4.69, 9.17) is 17.2 Å². The van der Waals surface area contributed by atoms with Crippen LogP contribution in [0.15, 0.2) is 24.2 Å². The lowest BCUT2D eigenvalue weighted by molar-refractivity contribution is 1.35. The quantitative estimate of drug-likeness (QED) is 0.377. The average molecular weight is 99.1 g/mol. The maximum Gasteiger partial charge on any atom is 0.0485 e. The number of hydrogen-bond acceptors (Lipinski definition) is 3. The molecule has 3 nitrogen and oxygen atoms in total. The van der Waals surface area contributed by atoms with Gasteiger partial charge in [0, 0.05) is 11.9 Å². The highest BCUT2D eigenvalue weighted by Crippen LogP contribution is 1.76. The van der Waals surface area contributed by atoms with Gasteiger partial charge in [0.1, 0.15) is 0 Å². The van der Waals surface area contributed by atoms with Crippen LogP contribution in [0.4, 0.5) is 0 Å². The van der Waals surface area contributed by atoms with Gasteiger partial charge in [-0.3, -0.25) is 0 Å². The molecule has 7 heavy (non-hydrogen) atoms. The van der Waals surface area contributed by atoms with Gasteiger partial charge in [0.15, 0.2) is 0 Å². The fourth-order valence-corrected chi connectivity index (χ4v) is 0.167. The Morgan fingerprint density at radius 2 is 1.86 bits per heavy atom. The Hall–Kier alpha value is -1.12. The fourth-order valence-electron chi connectivity index (χ4n) is 0.167. The molecule has 0 fully saturated rings. The van der Waals surface area contributed by atoms with Crippen molar-refractivity contribution in [3.63, 3.8) is 0 Å². The summed E-state index contributed by atoms with van der Waals surface area (Å²) in [5, 5.41) is 0. The van der Waals surface area contributed by atoms with Crippen LogP contribution in [-0.2, 0) is 0 Å². The molecule has 0 aliphatic carbocycles. The van der Waals surface area contributed by atoms with Crippen LogP contribution in [0.5, 0.6) is 0 Å². The molecule has 0 saturated carbocycles. The largest absolute Gasteiger partial charge is 0.405 e. The Balaban J connectivity index is 3.58. The molecule has 0 atom stereocenters. The molecule has 0 aliphatic rings. The summed E-state index contributed by atoms with van der Waals surface area (Å²) in [7, 11) is 0. The Morgan fingerprint density at radius 3 is 2.00 bits per heavy atom. The zero-order chi connectivity index (χ0) is 5.70. The molecule has 0 aromatic heterocycles. The molecule has 0 unspecified atom stereocenters. The molecule has 0 aromatic rings. The minimum absolute atomic E-state index is 0.475. The number of nitrogens with two attached hydrogens (primary N) is 3. The van der Waals surface area contributed by atoms with E-state index in [9.17, 15) is 0 Å². The Morgan fingerprint density at radius 1 is 1.29 bits per heavy atom. The normalized spacial score (nSPS) is 12.9. The van der Waals surface area contributed by atoms with Crippen LogP contribution >= 0.6 is 0 Å². The standard InChI is InChI=1S/C4H9N3/c5-2-1-4(7)3-6/h1-3H,5-7H2/b2-1-,4-3+. The van der Waals surface area contributed by atoms with Crippen LogP contribution in [0, 0.1) is 0 Å². The summed E-state index contributed by atoms with van der Waals surface area (Å²) >= 11 is 0. The molecule has 0 bridgehead atoms. The molecular weight excluding hydrogens is 90.1 g/mol. The molecule has 0 saturated heterocycles. The van der Waals surface area contributed by atoms with Crippen molar-refractivity contribution in [2.75, 3.05) is 0 Å². The van der Waals surface area contributed by atoms with Crippen LogP contribution in [-0.4, -0.2) is 0 Å². The minimum Gasteiger partial charge on any atom is -0.405 e. The van der Waals surface area contributed by atoms with Crippen molar-refractivity contribution < 1.29 is 0 Å². The third-order valence-corrected chi connectivity index (χ3v) is 0.481. The van der Waals surface area contributed by atoms with Crippen molar-refractivity contribution in [3.05, 3.63) is 24.2 Å². The first-order valence-electron chi connectivity index (χ1n) is 1.87. The highest BCUT2D eigenvalue weighted by molar-refractivity contribution is 5.11. The highest BCUT2D eigenvalue weighted by Gasteiger charge is 1.70. The first kappa shape index (κ1) is 5.88. The van der Waals surface area contributed by atoms with Gasteiger partial charge in [-0.25, -0.2) is 0 Å². The van der Waals surface area contributed by atoms with E-state index in [0.717, 1.165) is 0 Å². The summed E-state index contributed by atoms with van der Waals surface area (Å²) in [6, 6.07) is 0. The maximum absolute atomic E-state index is 5.15. The van der Waals surface area contributed by atoms with Crippen LogP contribution < -0.4 is 17.2 Å². The SMILES string of the molecule is N/C=C\C(N)=C/N. The van der Waals surface area contributed by atoms with Gasteiger partial charge >= 0.3 is 0 Å². The van der Waals surface area contributed by atoms with E-state index in [0.29, 0.717) is 5.70 Å². The molecular formula is C4H9N3. The van der Waals surface area contributed by atoms with E-state index in [1.807, 2.05) is 0 Å². The zero-order valence-corrected chi connectivity index (χ0v) is 3.96. The molecule has 40 valence electrons. The molecule has 0 amide bonds. The second-order valence-electron chi connectivity index (χ2n) is 1.03. The van der Waals surface area contributed by atoms with E-state index >= 15 is 0 Å². The summed E-state index contributed by atoms with van der Waals surface area (Å²) in [4.78, 5) is 0. The lowest BCUT2D eigenvalue weighted by Gasteiger charge is -1.83. The van der Waals surface area contributed by atoms with Crippen molar-refractivity contribution in [2.24, 2.45) is 17.2 Å².